The Morgan fingerprint density at radius 1 is 1.28 bits per heavy atom. The fourth-order valence-electron chi connectivity index (χ4n) is 2.19. The molecule has 1 aromatic carbocycles. The molecule has 0 unspecified atom stereocenters. The third kappa shape index (κ3) is 2.39. The van der Waals surface area contributed by atoms with E-state index < -0.39 is 0 Å². The normalized spacial score (nSPS) is 15.9. The van der Waals surface area contributed by atoms with Gasteiger partial charge in [-0.15, -0.1) is 0 Å². The quantitative estimate of drug-likeness (QED) is 0.767. The summed E-state index contributed by atoms with van der Waals surface area (Å²) < 4.78 is 13.9. The Labute approximate surface area is 106 Å². The summed E-state index contributed by atoms with van der Waals surface area (Å²) in [7, 11) is 0. The zero-order valence-electron chi connectivity index (χ0n) is 10.7. The molecular weight excluding hydrogens is 233 g/mol. The van der Waals surface area contributed by atoms with Gasteiger partial charge in [0.05, 0.1) is 5.69 Å². The summed E-state index contributed by atoms with van der Waals surface area (Å²) in [5.74, 6) is -0.224. The van der Waals surface area contributed by atoms with E-state index in [2.05, 4.69) is 0 Å². The fraction of sp³-hybridized carbons (Fsp3) is 0.462. The molecule has 1 fully saturated rings. The van der Waals surface area contributed by atoms with Gasteiger partial charge in [0.15, 0.2) is 0 Å². The molecule has 0 bridgehead atoms. The minimum Gasteiger partial charge on any atom is -0.398 e. The minimum absolute atomic E-state index is 0.0728. The van der Waals surface area contributed by atoms with Gasteiger partial charge in [-0.25, -0.2) is 4.39 Å². The number of piperazine rings is 1. The maximum atomic E-state index is 13.9. The molecule has 2 N–H and O–H groups in total. The molecular formula is C13H18FN3O. The van der Waals surface area contributed by atoms with E-state index in [-0.39, 0.29) is 11.7 Å². The van der Waals surface area contributed by atoms with Crippen LogP contribution in [0.1, 0.15) is 12.5 Å². The van der Waals surface area contributed by atoms with Crippen molar-refractivity contribution < 1.29 is 9.18 Å². The smallest absolute Gasteiger partial charge is 0.219 e. The zero-order valence-corrected chi connectivity index (χ0v) is 10.7. The molecule has 0 radical (unpaired) electrons. The molecule has 0 aromatic heterocycles. The molecule has 1 saturated heterocycles. The largest absolute Gasteiger partial charge is 0.398 e. The van der Waals surface area contributed by atoms with Gasteiger partial charge < -0.3 is 15.5 Å². The van der Waals surface area contributed by atoms with E-state index in [9.17, 15) is 9.18 Å². The van der Waals surface area contributed by atoms with Crippen LogP contribution in [0.25, 0.3) is 0 Å². The summed E-state index contributed by atoms with van der Waals surface area (Å²) in [4.78, 5) is 15.0. The van der Waals surface area contributed by atoms with Crippen LogP contribution in [0.15, 0.2) is 12.1 Å². The number of carbonyl (C=O) groups excluding carboxylic acids is 1. The number of halogens is 1. The molecule has 1 aromatic rings. The summed E-state index contributed by atoms with van der Waals surface area (Å²) >= 11 is 0. The number of rotatable bonds is 1. The molecule has 2 rings (SSSR count). The van der Waals surface area contributed by atoms with E-state index in [1.165, 1.54) is 6.07 Å². The van der Waals surface area contributed by atoms with Crippen molar-refractivity contribution in [3.63, 3.8) is 0 Å². The lowest BCUT2D eigenvalue weighted by atomic mass is 10.1. The Morgan fingerprint density at radius 3 is 2.44 bits per heavy atom. The van der Waals surface area contributed by atoms with Crippen molar-refractivity contribution in [3.8, 4) is 0 Å². The molecule has 4 nitrogen and oxygen atoms in total. The van der Waals surface area contributed by atoms with Crippen LogP contribution in [0.5, 0.6) is 0 Å². The molecule has 1 amide bonds. The molecule has 0 spiro atoms. The first kappa shape index (κ1) is 12.7. The third-order valence-corrected chi connectivity index (χ3v) is 3.40. The summed E-state index contributed by atoms with van der Waals surface area (Å²) in [6.07, 6.45) is 0. The number of nitrogens with zero attached hydrogens (tertiary/aromatic N) is 2. The lowest BCUT2D eigenvalue weighted by molar-refractivity contribution is -0.129. The lowest BCUT2D eigenvalue weighted by Crippen LogP contribution is -2.48. The van der Waals surface area contributed by atoms with Gasteiger partial charge in [0, 0.05) is 38.8 Å². The molecule has 1 heterocycles. The van der Waals surface area contributed by atoms with Gasteiger partial charge >= 0.3 is 0 Å². The molecule has 1 aliphatic heterocycles. The van der Waals surface area contributed by atoms with Gasteiger partial charge in [-0.3, -0.25) is 4.79 Å². The Kier molecular flexibility index (Phi) is 3.41. The highest BCUT2D eigenvalue weighted by atomic mass is 19.1. The van der Waals surface area contributed by atoms with E-state index in [4.69, 9.17) is 5.73 Å². The highest BCUT2D eigenvalue weighted by Crippen LogP contribution is 2.25. The van der Waals surface area contributed by atoms with Gasteiger partial charge in [0.1, 0.15) is 5.82 Å². The summed E-state index contributed by atoms with van der Waals surface area (Å²) in [6, 6.07) is 3.14. The first-order valence-electron chi connectivity index (χ1n) is 6.05. The first-order valence-corrected chi connectivity index (χ1v) is 6.05. The number of carbonyl (C=O) groups is 1. The zero-order chi connectivity index (χ0) is 13.3. The number of amides is 1. The third-order valence-electron chi connectivity index (χ3n) is 3.40. The van der Waals surface area contributed by atoms with Crippen LogP contribution in [-0.2, 0) is 4.79 Å². The molecule has 0 aliphatic carbocycles. The van der Waals surface area contributed by atoms with Crippen molar-refractivity contribution >= 4 is 17.3 Å². The molecule has 1 aliphatic rings. The highest BCUT2D eigenvalue weighted by Gasteiger charge is 2.21. The van der Waals surface area contributed by atoms with Crippen molar-refractivity contribution in [1.29, 1.82) is 0 Å². The second-order valence-corrected chi connectivity index (χ2v) is 4.65. The second-order valence-electron chi connectivity index (χ2n) is 4.65. The average Bonchev–Trinajstić information content (AvgIpc) is 2.34. The number of aryl methyl sites for hydroxylation is 1. The SMILES string of the molecule is CC(=O)N1CCN(c2cc(C)c(N)cc2F)CC1. The first-order chi connectivity index (χ1) is 8.49. The maximum Gasteiger partial charge on any atom is 0.219 e. The van der Waals surface area contributed by atoms with Crippen LogP contribution in [0.3, 0.4) is 0 Å². The summed E-state index contributed by atoms with van der Waals surface area (Å²) in [5, 5.41) is 0. The Hall–Kier alpha value is -1.78. The van der Waals surface area contributed by atoms with Crippen LogP contribution in [-0.4, -0.2) is 37.0 Å². The van der Waals surface area contributed by atoms with E-state index in [0.29, 0.717) is 37.6 Å². The standard InChI is InChI=1S/C13H18FN3O/c1-9-7-13(11(14)8-12(9)15)17-5-3-16(4-6-17)10(2)18/h7-8H,3-6,15H2,1-2H3. The van der Waals surface area contributed by atoms with Gasteiger partial charge in [-0.05, 0) is 24.6 Å². The maximum absolute atomic E-state index is 13.9. The molecule has 98 valence electrons. The second kappa shape index (κ2) is 4.84. The van der Waals surface area contributed by atoms with Crippen LogP contribution in [0.4, 0.5) is 15.8 Å². The van der Waals surface area contributed by atoms with Gasteiger partial charge in [-0.2, -0.15) is 0 Å². The van der Waals surface area contributed by atoms with Crippen molar-refractivity contribution in [2.45, 2.75) is 13.8 Å². The predicted octanol–water partition coefficient (Wildman–Crippen LogP) is 1.38. The van der Waals surface area contributed by atoms with Crippen molar-refractivity contribution in [1.82, 2.24) is 4.90 Å². The number of nitrogens with two attached hydrogens (primary N) is 1. The number of anilines is 2. The van der Waals surface area contributed by atoms with E-state index in [0.717, 1.165) is 5.56 Å². The number of benzene rings is 1. The topological polar surface area (TPSA) is 49.6 Å². The van der Waals surface area contributed by atoms with E-state index in [1.807, 2.05) is 11.8 Å². The lowest BCUT2D eigenvalue weighted by Gasteiger charge is -2.36. The van der Waals surface area contributed by atoms with Gasteiger partial charge in [0.25, 0.3) is 0 Å². The van der Waals surface area contributed by atoms with Crippen molar-refractivity contribution in [2.24, 2.45) is 0 Å². The monoisotopic (exact) mass is 251 g/mol. The van der Waals surface area contributed by atoms with Crippen molar-refractivity contribution in [3.05, 3.63) is 23.5 Å². The summed E-state index contributed by atoms with van der Waals surface area (Å²) in [6.45, 7) is 6.00. The minimum atomic E-state index is -0.297. The molecule has 5 heteroatoms. The predicted molar refractivity (Wildman–Crippen MR) is 70.0 cm³/mol. The highest BCUT2D eigenvalue weighted by molar-refractivity contribution is 5.73. The number of hydrogen-bond donors (Lipinski definition) is 1. The van der Waals surface area contributed by atoms with Crippen LogP contribution in [0, 0.1) is 12.7 Å². The fourth-order valence-corrected chi connectivity index (χ4v) is 2.19. The van der Waals surface area contributed by atoms with E-state index in [1.54, 1.807) is 17.9 Å². The van der Waals surface area contributed by atoms with Gasteiger partial charge in [-0.1, -0.05) is 0 Å². The van der Waals surface area contributed by atoms with Crippen molar-refractivity contribution in [2.75, 3.05) is 36.8 Å². The van der Waals surface area contributed by atoms with E-state index >= 15 is 0 Å². The average molecular weight is 251 g/mol. The van der Waals surface area contributed by atoms with Crippen LogP contribution >= 0.6 is 0 Å². The molecule has 0 atom stereocenters. The van der Waals surface area contributed by atoms with Gasteiger partial charge in [0.2, 0.25) is 5.91 Å². The number of nitrogen functional groups attached to an aromatic ring is 1. The molecule has 0 saturated carbocycles. The Bertz CT molecular complexity index is 468. The summed E-state index contributed by atoms with van der Waals surface area (Å²) in [5.41, 5.74) is 7.59. The molecule has 18 heavy (non-hydrogen) atoms. The Morgan fingerprint density at radius 2 is 1.89 bits per heavy atom. The number of hydrogen-bond acceptors (Lipinski definition) is 3. The van der Waals surface area contributed by atoms with Crippen LogP contribution in [0.2, 0.25) is 0 Å². The Balaban J connectivity index is 2.15. The van der Waals surface area contributed by atoms with Crippen LogP contribution < -0.4 is 10.6 Å².